The molecule has 2 nitrogen and oxygen atoms in total. The number of allylic oxidation sites excluding steroid dienone is 3. The van der Waals surface area contributed by atoms with Gasteiger partial charge < -0.3 is 9.47 Å². The summed E-state index contributed by atoms with van der Waals surface area (Å²) in [4.78, 5) is 0. The van der Waals surface area contributed by atoms with Gasteiger partial charge in [-0.15, -0.1) is 0 Å². The molecule has 2 heteroatoms. The van der Waals surface area contributed by atoms with Crippen molar-refractivity contribution in [2.24, 2.45) is 17.3 Å². The lowest BCUT2D eigenvalue weighted by molar-refractivity contribution is 0.00803. The van der Waals surface area contributed by atoms with E-state index in [1.54, 1.807) is 20.5 Å². The van der Waals surface area contributed by atoms with Crippen LogP contribution in [0.25, 0.3) is 0 Å². The number of methoxy groups -OCH3 is 2. The Hall–Kier alpha value is -1.02. The molecule has 0 unspecified atom stereocenters. The lowest BCUT2D eigenvalue weighted by Crippen LogP contribution is -2.42. The standard InChI is InChI=1S/C17H28O2/c1-12(2)14-9-8-13(3)16(19-7)15(14)17(4,5)10-11-18-6/h8,10-11,14-16H,1,9H2,2-7H3/b11-10+/t14-,15-,16-/m0/s1. The maximum atomic E-state index is 5.78. The predicted octanol–water partition coefficient (Wildman–Crippen LogP) is 4.35. The summed E-state index contributed by atoms with van der Waals surface area (Å²) in [6.07, 6.45) is 7.40. The second-order valence-corrected chi connectivity index (χ2v) is 6.18. The van der Waals surface area contributed by atoms with Crippen LogP contribution in [0.3, 0.4) is 0 Å². The highest BCUT2D eigenvalue weighted by molar-refractivity contribution is 5.22. The molecule has 0 saturated heterocycles. The molecule has 19 heavy (non-hydrogen) atoms. The molecular weight excluding hydrogens is 236 g/mol. The minimum absolute atomic E-state index is 0.00414. The zero-order chi connectivity index (χ0) is 14.6. The molecule has 0 bridgehead atoms. The summed E-state index contributed by atoms with van der Waals surface area (Å²) >= 11 is 0. The smallest absolute Gasteiger partial charge is 0.0820 e. The van der Waals surface area contributed by atoms with Crippen molar-refractivity contribution in [3.05, 3.63) is 36.1 Å². The van der Waals surface area contributed by atoms with Crippen LogP contribution in [0.4, 0.5) is 0 Å². The van der Waals surface area contributed by atoms with E-state index >= 15 is 0 Å². The molecule has 0 aromatic rings. The fourth-order valence-electron chi connectivity index (χ4n) is 3.17. The third-order valence-corrected chi connectivity index (χ3v) is 4.28. The first kappa shape index (κ1) is 16.0. The van der Waals surface area contributed by atoms with Crippen molar-refractivity contribution < 1.29 is 9.47 Å². The number of hydrogen-bond donors (Lipinski definition) is 0. The van der Waals surface area contributed by atoms with E-state index in [9.17, 15) is 0 Å². The highest BCUT2D eigenvalue weighted by Crippen LogP contribution is 2.46. The topological polar surface area (TPSA) is 18.5 Å². The van der Waals surface area contributed by atoms with Gasteiger partial charge in [0, 0.05) is 13.0 Å². The average Bonchev–Trinajstić information content (AvgIpc) is 2.35. The molecule has 0 saturated carbocycles. The molecule has 3 atom stereocenters. The highest BCUT2D eigenvalue weighted by Gasteiger charge is 2.42. The normalized spacial score (nSPS) is 28.3. The molecule has 0 N–H and O–H groups in total. The van der Waals surface area contributed by atoms with Gasteiger partial charge in [0.05, 0.1) is 19.5 Å². The lowest BCUT2D eigenvalue weighted by atomic mass is 9.62. The second-order valence-electron chi connectivity index (χ2n) is 6.18. The zero-order valence-corrected chi connectivity index (χ0v) is 13.2. The fraction of sp³-hybridized carbons (Fsp3) is 0.647. The third-order valence-electron chi connectivity index (χ3n) is 4.28. The van der Waals surface area contributed by atoms with Gasteiger partial charge in [0.25, 0.3) is 0 Å². The molecular formula is C17H28O2. The molecule has 108 valence electrons. The minimum Gasteiger partial charge on any atom is -0.505 e. The van der Waals surface area contributed by atoms with Crippen LogP contribution < -0.4 is 0 Å². The van der Waals surface area contributed by atoms with Crippen molar-refractivity contribution in [1.29, 1.82) is 0 Å². The predicted molar refractivity (Wildman–Crippen MR) is 80.9 cm³/mol. The summed E-state index contributed by atoms with van der Waals surface area (Å²) in [6.45, 7) is 12.9. The van der Waals surface area contributed by atoms with E-state index in [-0.39, 0.29) is 11.5 Å². The Kier molecular flexibility index (Phi) is 5.42. The number of ether oxygens (including phenoxy) is 2. The van der Waals surface area contributed by atoms with Gasteiger partial charge in [0.1, 0.15) is 0 Å². The summed E-state index contributed by atoms with van der Waals surface area (Å²) in [6, 6.07) is 0. The van der Waals surface area contributed by atoms with Crippen LogP contribution in [-0.4, -0.2) is 20.3 Å². The monoisotopic (exact) mass is 264 g/mol. The number of hydrogen-bond acceptors (Lipinski definition) is 2. The Morgan fingerprint density at radius 3 is 2.53 bits per heavy atom. The fourth-order valence-corrected chi connectivity index (χ4v) is 3.17. The van der Waals surface area contributed by atoms with E-state index in [0.29, 0.717) is 11.8 Å². The first-order valence-electron chi connectivity index (χ1n) is 6.90. The van der Waals surface area contributed by atoms with Crippen molar-refractivity contribution in [2.75, 3.05) is 14.2 Å². The number of rotatable bonds is 5. The first-order valence-corrected chi connectivity index (χ1v) is 6.90. The molecule has 0 amide bonds. The largest absolute Gasteiger partial charge is 0.505 e. The molecule has 0 aromatic carbocycles. The summed E-state index contributed by atoms with van der Waals surface area (Å²) in [7, 11) is 3.48. The van der Waals surface area contributed by atoms with E-state index in [1.807, 2.05) is 0 Å². The van der Waals surface area contributed by atoms with E-state index in [0.717, 1.165) is 6.42 Å². The average molecular weight is 264 g/mol. The summed E-state index contributed by atoms with van der Waals surface area (Å²) in [5.74, 6) is 0.830. The van der Waals surface area contributed by atoms with E-state index in [1.165, 1.54) is 11.1 Å². The summed E-state index contributed by atoms with van der Waals surface area (Å²) in [5, 5.41) is 0. The van der Waals surface area contributed by atoms with Crippen molar-refractivity contribution >= 4 is 0 Å². The van der Waals surface area contributed by atoms with E-state index < -0.39 is 0 Å². The highest BCUT2D eigenvalue weighted by atomic mass is 16.5. The first-order chi connectivity index (χ1) is 8.85. The van der Waals surface area contributed by atoms with Gasteiger partial charge in [-0.2, -0.15) is 0 Å². The Morgan fingerprint density at radius 2 is 2.05 bits per heavy atom. The Morgan fingerprint density at radius 1 is 1.42 bits per heavy atom. The molecule has 1 aliphatic rings. The van der Waals surface area contributed by atoms with E-state index in [4.69, 9.17) is 9.47 Å². The van der Waals surface area contributed by atoms with E-state index in [2.05, 4.69) is 46.4 Å². The molecule has 0 heterocycles. The summed E-state index contributed by atoms with van der Waals surface area (Å²) in [5.41, 5.74) is 2.55. The van der Waals surface area contributed by atoms with Crippen LogP contribution in [0.15, 0.2) is 36.1 Å². The third kappa shape index (κ3) is 3.50. The Balaban J connectivity index is 3.17. The molecule has 1 aliphatic carbocycles. The van der Waals surface area contributed by atoms with Crippen LogP contribution in [0, 0.1) is 17.3 Å². The second kappa shape index (κ2) is 6.42. The quantitative estimate of drug-likeness (QED) is 0.543. The maximum absolute atomic E-state index is 5.78. The SMILES string of the molecule is C=C(C)[C@@H]1CC=C(C)[C@H](OC)[C@H]1C(C)(C)/C=C/OC. The minimum atomic E-state index is -0.00414. The molecule has 0 aromatic heterocycles. The molecule has 0 radical (unpaired) electrons. The van der Waals surface area contributed by atoms with Crippen molar-refractivity contribution in [3.8, 4) is 0 Å². The van der Waals surface area contributed by atoms with Crippen molar-refractivity contribution in [3.63, 3.8) is 0 Å². The van der Waals surface area contributed by atoms with Gasteiger partial charge in [-0.1, -0.05) is 32.1 Å². The van der Waals surface area contributed by atoms with Gasteiger partial charge in [0.2, 0.25) is 0 Å². The van der Waals surface area contributed by atoms with Crippen LogP contribution in [0.2, 0.25) is 0 Å². The van der Waals surface area contributed by atoms with Crippen LogP contribution in [0.5, 0.6) is 0 Å². The molecule has 0 aliphatic heterocycles. The van der Waals surface area contributed by atoms with Gasteiger partial charge in [-0.3, -0.25) is 0 Å². The molecule has 1 rings (SSSR count). The van der Waals surface area contributed by atoms with Gasteiger partial charge in [0.15, 0.2) is 0 Å². The maximum Gasteiger partial charge on any atom is 0.0820 e. The van der Waals surface area contributed by atoms with Crippen molar-refractivity contribution in [2.45, 2.75) is 40.2 Å². The Labute approximate surface area is 118 Å². The van der Waals surface area contributed by atoms with Gasteiger partial charge in [-0.05, 0) is 43.3 Å². The van der Waals surface area contributed by atoms with Crippen LogP contribution in [-0.2, 0) is 9.47 Å². The van der Waals surface area contributed by atoms with Gasteiger partial charge >= 0.3 is 0 Å². The molecule has 0 fully saturated rings. The zero-order valence-electron chi connectivity index (χ0n) is 13.2. The Bertz CT molecular complexity index is 375. The molecule has 0 spiro atoms. The van der Waals surface area contributed by atoms with Crippen LogP contribution >= 0.6 is 0 Å². The van der Waals surface area contributed by atoms with Crippen LogP contribution in [0.1, 0.15) is 34.1 Å². The summed E-state index contributed by atoms with van der Waals surface area (Å²) < 4.78 is 10.9. The van der Waals surface area contributed by atoms with Gasteiger partial charge in [-0.25, -0.2) is 0 Å². The van der Waals surface area contributed by atoms with Crippen molar-refractivity contribution in [1.82, 2.24) is 0 Å². The lowest BCUT2D eigenvalue weighted by Gasteiger charge is -2.45.